The minimum atomic E-state index is -0.773. The Kier molecular flexibility index (Phi) is 8.28. The van der Waals surface area contributed by atoms with E-state index in [9.17, 15) is 9.59 Å². The second-order valence-electron chi connectivity index (χ2n) is 10.5. The monoisotopic (exact) mass is 544 g/mol. The summed E-state index contributed by atoms with van der Waals surface area (Å²) in [5.74, 6) is -0.0972. The van der Waals surface area contributed by atoms with E-state index in [0.717, 1.165) is 35.0 Å². The van der Waals surface area contributed by atoms with Gasteiger partial charge < -0.3 is 25.4 Å². The van der Waals surface area contributed by atoms with Crippen LogP contribution in [-0.4, -0.2) is 64.9 Å². The molecule has 1 saturated heterocycles. The van der Waals surface area contributed by atoms with Crippen molar-refractivity contribution in [1.29, 1.82) is 0 Å². The second kappa shape index (κ2) is 12.0. The zero-order valence-corrected chi connectivity index (χ0v) is 23.5. The molecule has 1 fully saturated rings. The fourth-order valence-electron chi connectivity index (χ4n) is 5.38. The first-order valence-electron chi connectivity index (χ1n) is 13.5. The van der Waals surface area contributed by atoms with Crippen LogP contribution >= 0.6 is 11.3 Å². The molecule has 2 atom stereocenters. The van der Waals surface area contributed by atoms with Crippen molar-refractivity contribution in [1.82, 2.24) is 25.1 Å². The Bertz CT molecular complexity index is 1410. The van der Waals surface area contributed by atoms with E-state index in [1.165, 1.54) is 16.9 Å². The fraction of sp³-hybridized carbons (Fsp3) is 0.367. The number of hydrogen-bond acceptors (Lipinski definition) is 5. The Labute approximate surface area is 233 Å². The lowest BCUT2D eigenvalue weighted by Gasteiger charge is -2.34. The minimum absolute atomic E-state index is 0.208. The lowest BCUT2D eigenvalue weighted by Crippen LogP contribution is -2.53. The van der Waals surface area contributed by atoms with E-state index in [2.05, 4.69) is 44.9 Å². The van der Waals surface area contributed by atoms with Crippen molar-refractivity contribution in [2.45, 2.75) is 44.2 Å². The van der Waals surface area contributed by atoms with Gasteiger partial charge >= 0.3 is 6.03 Å². The smallest absolute Gasteiger partial charge is 0.318 e. The molecule has 0 spiro atoms. The number of carbonyl (C=O) groups is 2. The maximum absolute atomic E-state index is 13.7. The van der Waals surface area contributed by atoms with Crippen LogP contribution in [0.5, 0.6) is 0 Å². The zero-order valence-electron chi connectivity index (χ0n) is 22.7. The van der Waals surface area contributed by atoms with Crippen molar-refractivity contribution < 1.29 is 9.59 Å². The second-order valence-corrected chi connectivity index (χ2v) is 11.4. The number of nitrogens with zero attached hydrogens (tertiary/aromatic N) is 3. The van der Waals surface area contributed by atoms with Gasteiger partial charge in [0.25, 0.3) is 0 Å². The quantitative estimate of drug-likeness (QED) is 0.277. The van der Waals surface area contributed by atoms with Crippen LogP contribution in [0.1, 0.15) is 48.4 Å². The van der Waals surface area contributed by atoms with Crippen LogP contribution in [0.2, 0.25) is 0 Å². The fourth-order valence-corrected chi connectivity index (χ4v) is 6.08. The van der Waals surface area contributed by atoms with Crippen LogP contribution < -0.4 is 10.6 Å². The van der Waals surface area contributed by atoms with Crippen molar-refractivity contribution in [2.75, 3.05) is 32.5 Å². The number of carbonyl (C=O) groups excluding carboxylic acids is 2. The van der Waals surface area contributed by atoms with Crippen molar-refractivity contribution in [3.05, 3.63) is 83.0 Å². The summed E-state index contributed by atoms with van der Waals surface area (Å²) in [6, 6.07) is 17.5. The largest absolute Gasteiger partial charge is 0.361 e. The highest BCUT2D eigenvalue weighted by molar-refractivity contribution is 7.13. The van der Waals surface area contributed by atoms with Gasteiger partial charge in [0.2, 0.25) is 5.91 Å². The van der Waals surface area contributed by atoms with Gasteiger partial charge in [0.15, 0.2) is 5.13 Å². The Morgan fingerprint density at radius 3 is 2.56 bits per heavy atom. The summed E-state index contributed by atoms with van der Waals surface area (Å²) in [5.41, 5.74) is 4.20. The van der Waals surface area contributed by atoms with Gasteiger partial charge in [-0.3, -0.25) is 4.79 Å². The maximum atomic E-state index is 13.7. The number of H-pyrrole nitrogens is 1. The van der Waals surface area contributed by atoms with Crippen LogP contribution in [0.3, 0.4) is 0 Å². The first-order valence-corrected chi connectivity index (χ1v) is 14.3. The third kappa shape index (κ3) is 6.32. The minimum Gasteiger partial charge on any atom is -0.361 e. The van der Waals surface area contributed by atoms with E-state index in [0.29, 0.717) is 30.7 Å². The molecule has 3 N–H and O–H groups in total. The number of hydrogen-bond donors (Lipinski definition) is 3. The number of nitrogens with one attached hydrogen (secondary N) is 3. The van der Waals surface area contributed by atoms with Crippen LogP contribution in [0.4, 0.5) is 9.93 Å². The summed E-state index contributed by atoms with van der Waals surface area (Å²) in [6.45, 7) is 3.99. The molecular weight excluding hydrogens is 508 g/mol. The van der Waals surface area contributed by atoms with Gasteiger partial charge in [-0.25, -0.2) is 9.78 Å². The molecule has 2 aromatic heterocycles. The van der Waals surface area contributed by atoms with Crippen molar-refractivity contribution in [3.8, 4) is 0 Å². The molecule has 4 aromatic rings. The number of anilines is 1. The normalized spacial score (nSPS) is 15.8. The van der Waals surface area contributed by atoms with Crippen molar-refractivity contribution >= 4 is 39.3 Å². The number of aromatic amines is 1. The van der Waals surface area contributed by atoms with Crippen LogP contribution in [0.25, 0.3) is 10.9 Å². The van der Waals surface area contributed by atoms with Gasteiger partial charge in [-0.1, -0.05) is 55.5 Å². The van der Waals surface area contributed by atoms with E-state index >= 15 is 0 Å². The predicted octanol–water partition coefficient (Wildman–Crippen LogP) is 5.39. The van der Waals surface area contributed by atoms with Crippen LogP contribution in [0, 0.1) is 0 Å². The Hall–Kier alpha value is -3.69. The molecule has 0 saturated carbocycles. The molecule has 8 nitrogen and oxygen atoms in total. The molecule has 1 aliphatic heterocycles. The average Bonchev–Trinajstić information content (AvgIpc) is 3.58. The molecule has 3 amide bonds. The van der Waals surface area contributed by atoms with Crippen LogP contribution in [0.15, 0.2) is 66.2 Å². The topological polar surface area (TPSA) is 93.4 Å². The first-order chi connectivity index (χ1) is 18.9. The van der Waals surface area contributed by atoms with Gasteiger partial charge in [-0.2, -0.15) is 0 Å². The SMILES string of the molecule is C[C@@H](c1c[nH]c2ccccc12)[C@@H](NC(=O)N1CCC(c2ccccc2)CC1)C(=O)Nc1nc(CN(C)C)cs1. The lowest BCUT2D eigenvalue weighted by atomic mass is 9.89. The average molecular weight is 545 g/mol. The number of benzene rings is 2. The third-order valence-electron chi connectivity index (χ3n) is 7.49. The van der Waals surface area contributed by atoms with E-state index in [-0.39, 0.29) is 17.9 Å². The van der Waals surface area contributed by atoms with Gasteiger partial charge in [0.05, 0.1) is 5.69 Å². The highest BCUT2D eigenvalue weighted by Gasteiger charge is 2.33. The molecule has 3 heterocycles. The van der Waals surface area contributed by atoms with Gasteiger partial charge in [-0.15, -0.1) is 11.3 Å². The molecule has 0 aliphatic carbocycles. The Morgan fingerprint density at radius 2 is 1.82 bits per heavy atom. The number of rotatable bonds is 8. The highest BCUT2D eigenvalue weighted by atomic mass is 32.1. The number of piperidine rings is 1. The molecule has 0 unspecified atom stereocenters. The lowest BCUT2D eigenvalue weighted by molar-refractivity contribution is -0.118. The van der Waals surface area contributed by atoms with Crippen molar-refractivity contribution in [3.63, 3.8) is 0 Å². The molecule has 0 radical (unpaired) electrons. The number of aromatic nitrogens is 2. The number of amides is 3. The summed E-state index contributed by atoms with van der Waals surface area (Å²) in [4.78, 5) is 38.9. The molecule has 2 aromatic carbocycles. The molecule has 0 bridgehead atoms. The Morgan fingerprint density at radius 1 is 1.10 bits per heavy atom. The summed E-state index contributed by atoms with van der Waals surface area (Å²) in [7, 11) is 3.96. The zero-order chi connectivity index (χ0) is 27.4. The maximum Gasteiger partial charge on any atom is 0.318 e. The standard InChI is InChI=1S/C30H36N6O2S/c1-20(25-17-31-26-12-8-7-11-24(25)26)27(28(37)34-29-32-23(19-39-29)18-35(2)3)33-30(38)36-15-13-22(14-16-36)21-9-5-4-6-10-21/h4-12,17,19-20,22,27,31H,13-16,18H2,1-3H3,(H,33,38)(H,32,34,37)/t20-,27+/m0/s1. The number of fused-ring (bicyclic) bond motifs is 1. The van der Waals surface area contributed by atoms with E-state index < -0.39 is 6.04 Å². The van der Waals surface area contributed by atoms with Gasteiger partial charge in [-0.05, 0) is 50.0 Å². The molecule has 1 aliphatic rings. The van der Waals surface area contributed by atoms with E-state index in [1.807, 2.05) is 72.7 Å². The highest BCUT2D eigenvalue weighted by Crippen LogP contribution is 2.30. The molecule has 204 valence electrons. The van der Waals surface area contributed by atoms with Gasteiger partial charge in [0, 0.05) is 48.0 Å². The summed E-state index contributed by atoms with van der Waals surface area (Å²) < 4.78 is 0. The number of urea groups is 1. The van der Waals surface area contributed by atoms with Gasteiger partial charge in [0.1, 0.15) is 6.04 Å². The summed E-state index contributed by atoms with van der Waals surface area (Å²) in [6.07, 6.45) is 3.74. The summed E-state index contributed by atoms with van der Waals surface area (Å²) in [5, 5.41) is 9.58. The first kappa shape index (κ1) is 26.9. The number of likely N-dealkylation sites (tertiary alicyclic amines) is 1. The molecular formula is C30H36N6O2S. The summed E-state index contributed by atoms with van der Waals surface area (Å²) >= 11 is 1.40. The number of thiazole rings is 1. The molecule has 9 heteroatoms. The van der Waals surface area contributed by atoms with E-state index in [4.69, 9.17) is 0 Å². The number of para-hydroxylation sites is 1. The third-order valence-corrected chi connectivity index (χ3v) is 8.29. The van der Waals surface area contributed by atoms with Crippen LogP contribution in [-0.2, 0) is 11.3 Å². The molecule has 39 heavy (non-hydrogen) atoms. The predicted molar refractivity (Wildman–Crippen MR) is 157 cm³/mol. The van der Waals surface area contributed by atoms with Crippen molar-refractivity contribution in [2.24, 2.45) is 0 Å². The Balaban J connectivity index is 1.32. The molecule has 5 rings (SSSR count). The van der Waals surface area contributed by atoms with E-state index in [1.54, 1.807) is 0 Å².